The van der Waals surface area contributed by atoms with Crippen LogP contribution in [0.4, 0.5) is 5.69 Å². The van der Waals surface area contributed by atoms with Gasteiger partial charge in [-0.3, -0.25) is 14.3 Å². The maximum Gasteiger partial charge on any atom is 0.228 e. The van der Waals surface area contributed by atoms with E-state index in [0.29, 0.717) is 6.54 Å². The van der Waals surface area contributed by atoms with Crippen LogP contribution in [0.3, 0.4) is 0 Å². The first-order valence-electron chi connectivity index (χ1n) is 12.4. The molecular formula is C29H31BrN4O. The number of aromatic nitrogens is 2. The number of rotatable bonds is 7. The Labute approximate surface area is 215 Å². The molecule has 35 heavy (non-hydrogen) atoms. The summed E-state index contributed by atoms with van der Waals surface area (Å²) in [4.78, 5) is 20.4. The zero-order valence-corrected chi connectivity index (χ0v) is 21.7. The number of piperidine rings is 1. The van der Waals surface area contributed by atoms with Gasteiger partial charge in [0, 0.05) is 22.4 Å². The predicted octanol–water partition coefficient (Wildman–Crippen LogP) is 6.59. The maximum absolute atomic E-state index is 13.1. The van der Waals surface area contributed by atoms with E-state index in [0.717, 1.165) is 71.5 Å². The molecule has 0 spiro atoms. The number of carbonyl (C=O) groups is 1. The fourth-order valence-corrected chi connectivity index (χ4v) is 5.23. The number of hydrogen-bond donors (Lipinski definition) is 1. The van der Waals surface area contributed by atoms with Crippen LogP contribution >= 0.6 is 15.9 Å². The number of nitrogens with one attached hydrogen (secondary N) is 1. The third-order valence-corrected chi connectivity index (χ3v) is 7.25. The average Bonchev–Trinajstić information content (AvgIpc) is 3.24. The van der Waals surface area contributed by atoms with Crippen LogP contribution in [0.5, 0.6) is 0 Å². The molecule has 1 N–H and O–H groups in total. The number of amides is 1. The van der Waals surface area contributed by atoms with Crippen molar-refractivity contribution < 1.29 is 4.79 Å². The molecule has 0 saturated carbocycles. The molecule has 1 aliphatic heterocycles. The zero-order chi connectivity index (χ0) is 24.2. The van der Waals surface area contributed by atoms with E-state index in [2.05, 4.69) is 92.2 Å². The van der Waals surface area contributed by atoms with E-state index in [1.54, 1.807) is 0 Å². The predicted molar refractivity (Wildman–Crippen MR) is 146 cm³/mol. The molecule has 4 aromatic rings. The van der Waals surface area contributed by atoms with Gasteiger partial charge in [-0.2, -0.15) is 0 Å². The van der Waals surface area contributed by atoms with Crippen molar-refractivity contribution in [2.24, 2.45) is 5.92 Å². The highest BCUT2D eigenvalue weighted by atomic mass is 79.9. The molecule has 1 saturated heterocycles. The van der Waals surface area contributed by atoms with E-state index in [4.69, 9.17) is 4.98 Å². The van der Waals surface area contributed by atoms with E-state index in [9.17, 15) is 4.79 Å². The van der Waals surface area contributed by atoms with Gasteiger partial charge in [-0.15, -0.1) is 0 Å². The Balaban J connectivity index is 1.31. The minimum atomic E-state index is -0.0235. The lowest BCUT2D eigenvalue weighted by atomic mass is 9.97. The summed E-state index contributed by atoms with van der Waals surface area (Å²) in [5.41, 5.74) is 5.37. The largest absolute Gasteiger partial charge is 0.326 e. The van der Waals surface area contributed by atoms with Gasteiger partial charge in [0.2, 0.25) is 5.91 Å². The second kappa shape index (κ2) is 10.8. The monoisotopic (exact) mass is 530 g/mol. The number of nitrogens with zero attached hydrogens (tertiary/aromatic N) is 3. The van der Waals surface area contributed by atoms with Gasteiger partial charge in [-0.25, -0.2) is 4.98 Å². The lowest BCUT2D eigenvalue weighted by molar-refractivity contribution is -0.121. The van der Waals surface area contributed by atoms with Gasteiger partial charge in [0.15, 0.2) is 0 Å². The Hall–Kier alpha value is -2.96. The minimum Gasteiger partial charge on any atom is -0.326 e. The fraction of sp³-hybridized carbons (Fsp3) is 0.310. The number of carbonyl (C=O) groups excluding carboxylic acids is 1. The van der Waals surface area contributed by atoms with Gasteiger partial charge >= 0.3 is 0 Å². The van der Waals surface area contributed by atoms with Crippen LogP contribution in [-0.2, 0) is 17.8 Å². The first kappa shape index (κ1) is 23.8. The molecule has 0 radical (unpaired) electrons. The fourth-order valence-electron chi connectivity index (χ4n) is 4.96. The highest BCUT2D eigenvalue weighted by Gasteiger charge is 2.27. The van der Waals surface area contributed by atoms with Gasteiger partial charge < -0.3 is 5.32 Å². The van der Waals surface area contributed by atoms with E-state index < -0.39 is 0 Å². The molecule has 2 heterocycles. The SMILES string of the molecule is CCCc1ccc(NC(=O)[C@H]2CCCN(Cc3nc4ccccc4n3-c3ccc(Br)cc3)C2)cc1. The Morgan fingerprint density at radius 3 is 2.60 bits per heavy atom. The zero-order valence-electron chi connectivity index (χ0n) is 20.1. The molecule has 5 nitrogen and oxygen atoms in total. The van der Waals surface area contributed by atoms with Gasteiger partial charge in [0.1, 0.15) is 5.82 Å². The first-order valence-corrected chi connectivity index (χ1v) is 13.2. The number of benzene rings is 3. The van der Waals surface area contributed by atoms with Gasteiger partial charge in [-0.1, -0.05) is 53.5 Å². The summed E-state index contributed by atoms with van der Waals surface area (Å²) in [6.07, 6.45) is 4.11. The molecule has 0 aliphatic carbocycles. The molecular weight excluding hydrogens is 500 g/mol. The van der Waals surface area contributed by atoms with E-state index in [1.807, 2.05) is 18.2 Å². The summed E-state index contributed by atoms with van der Waals surface area (Å²) in [6, 6.07) is 24.9. The second-order valence-corrected chi connectivity index (χ2v) is 10.3. The Morgan fingerprint density at radius 1 is 1.06 bits per heavy atom. The summed E-state index contributed by atoms with van der Waals surface area (Å²) >= 11 is 3.54. The molecule has 1 aromatic heterocycles. The van der Waals surface area contributed by atoms with Gasteiger partial charge in [0.05, 0.1) is 23.5 Å². The highest BCUT2D eigenvalue weighted by Crippen LogP contribution is 2.26. The molecule has 6 heteroatoms. The molecule has 3 aromatic carbocycles. The molecule has 5 rings (SSSR count). The third-order valence-electron chi connectivity index (χ3n) is 6.72. The molecule has 1 atom stereocenters. The van der Waals surface area contributed by atoms with Crippen LogP contribution in [-0.4, -0.2) is 33.4 Å². The lowest BCUT2D eigenvalue weighted by Gasteiger charge is -2.31. The Morgan fingerprint density at radius 2 is 1.83 bits per heavy atom. The van der Waals surface area contributed by atoms with Crippen molar-refractivity contribution in [3.8, 4) is 5.69 Å². The number of hydrogen-bond acceptors (Lipinski definition) is 3. The molecule has 0 unspecified atom stereocenters. The van der Waals surface area contributed by atoms with E-state index in [-0.39, 0.29) is 11.8 Å². The lowest BCUT2D eigenvalue weighted by Crippen LogP contribution is -2.40. The van der Waals surface area contributed by atoms with E-state index in [1.165, 1.54) is 5.56 Å². The number of para-hydroxylation sites is 2. The molecule has 1 aliphatic rings. The first-order chi connectivity index (χ1) is 17.1. The highest BCUT2D eigenvalue weighted by molar-refractivity contribution is 9.10. The third kappa shape index (κ3) is 5.49. The molecule has 180 valence electrons. The normalized spacial score (nSPS) is 16.5. The number of imidazole rings is 1. The van der Waals surface area contributed by atoms with Gasteiger partial charge in [-0.05, 0) is 79.9 Å². The quantitative estimate of drug-likeness (QED) is 0.293. The summed E-state index contributed by atoms with van der Waals surface area (Å²) in [5.74, 6) is 1.09. The van der Waals surface area contributed by atoms with Crippen molar-refractivity contribution >= 4 is 38.6 Å². The summed E-state index contributed by atoms with van der Waals surface area (Å²) < 4.78 is 3.29. The van der Waals surface area contributed by atoms with Crippen LogP contribution in [0.15, 0.2) is 77.3 Å². The summed E-state index contributed by atoms with van der Waals surface area (Å²) in [5, 5.41) is 3.14. The summed E-state index contributed by atoms with van der Waals surface area (Å²) in [6.45, 7) is 4.60. The summed E-state index contributed by atoms with van der Waals surface area (Å²) in [7, 11) is 0. The number of fused-ring (bicyclic) bond motifs is 1. The molecule has 0 bridgehead atoms. The number of aryl methyl sites for hydroxylation is 1. The average molecular weight is 531 g/mol. The van der Waals surface area contributed by atoms with Crippen molar-refractivity contribution in [3.05, 3.63) is 88.7 Å². The van der Waals surface area contributed by atoms with Crippen molar-refractivity contribution in [3.63, 3.8) is 0 Å². The maximum atomic E-state index is 13.1. The van der Waals surface area contributed by atoms with Crippen LogP contribution in [0.1, 0.15) is 37.6 Å². The van der Waals surface area contributed by atoms with Crippen LogP contribution in [0.25, 0.3) is 16.7 Å². The second-order valence-electron chi connectivity index (χ2n) is 9.34. The molecule has 1 amide bonds. The standard InChI is InChI=1S/C29H31BrN4O/c1-2-6-21-10-14-24(15-11-21)31-29(35)22-7-5-18-33(19-22)20-28-32-26-8-3-4-9-27(26)34(28)25-16-12-23(30)13-17-25/h3-4,8-17,22H,2,5-7,18-20H2,1H3,(H,31,35)/t22-/m0/s1. The number of halogens is 1. The van der Waals surface area contributed by atoms with Crippen LogP contribution in [0, 0.1) is 5.92 Å². The van der Waals surface area contributed by atoms with Gasteiger partial charge in [0.25, 0.3) is 0 Å². The number of likely N-dealkylation sites (tertiary alicyclic amines) is 1. The Kier molecular flexibility index (Phi) is 7.30. The molecule has 1 fully saturated rings. The topological polar surface area (TPSA) is 50.2 Å². The smallest absolute Gasteiger partial charge is 0.228 e. The van der Waals surface area contributed by atoms with Crippen molar-refractivity contribution in [2.75, 3.05) is 18.4 Å². The van der Waals surface area contributed by atoms with Crippen molar-refractivity contribution in [1.82, 2.24) is 14.5 Å². The minimum absolute atomic E-state index is 0.0235. The van der Waals surface area contributed by atoms with E-state index >= 15 is 0 Å². The van der Waals surface area contributed by atoms with Crippen LogP contribution in [0.2, 0.25) is 0 Å². The van der Waals surface area contributed by atoms with Crippen molar-refractivity contribution in [1.29, 1.82) is 0 Å². The number of anilines is 1. The Bertz CT molecular complexity index is 1300. The van der Waals surface area contributed by atoms with Crippen molar-refractivity contribution in [2.45, 2.75) is 39.2 Å². The van der Waals surface area contributed by atoms with Crippen LogP contribution < -0.4 is 5.32 Å².